The van der Waals surface area contributed by atoms with Gasteiger partial charge >= 0.3 is 0 Å². The van der Waals surface area contributed by atoms with Crippen LogP contribution in [0.4, 0.5) is 4.39 Å². The van der Waals surface area contributed by atoms with Gasteiger partial charge in [-0.15, -0.1) is 0 Å². The van der Waals surface area contributed by atoms with E-state index in [0.717, 1.165) is 11.4 Å². The van der Waals surface area contributed by atoms with Crippen LogP contribution in [0.5, 0.6) is 0 Å². The van der Waals surface area contributed by atoms with Gasteiger partial charge in [-0.3, -0.25) is 9.67 Å². The molecule has 0 radical (unpaired) electrons. The lowest BCUT2D eigenvalue weighted by atomic mass is 10.2. The second-order valence-electron chi connectivity index (χ2n) is 4.66. The highest BCUT2D eigenvalue weighted by molar-refractivity contribution is 5.66. The van der Waals surface area contributed by atoms with Crippen molar-refractivity contribution in [2.24, 2.45) is 4.99 Å². The van der Waals surface area contributed by atoms with E-state index in [0.29, 0.717) is 17.8 Å². The van der Waals surface area contributed by atoms with E-state index in [9.17, 15) is 4.39 Å². The van der Waals surface area contributed by atoms with E-state index in [1.165, 1.54) is 6.07 Å². The summed E-state index contributed by atoms with van der Waals surface area (Å²) in [4.78, 5) is 3.98. The Morgan fingerprint density at radius 3 is 2.86 bits per heavy atom. The molecule has 0 N–H and O–H groups in total. The molecule has 0 spiro atoms. The van der Waals surface area contributed by atoms with Gasteiger partial charge in [-0.1, -0.05) is 30.4 Å². The molecule has 0 aliphatic rings. The molecular formula is C17H18FN3. The Hall–Kier alpha value is -2.49. The third-order valence-electron chi connectivity index (χ3n) is 3.14. The highest BCUT2D eigenvalue weighted by atomic mass is 19.1. The lowest BCUT2D eigenvalue weighted by molar-refractivity contribution is 0.579. The Morgan fingerprint density at radius 2 is 2.19 bits per heavy atom. The molecule has 0 bridgehead atoms. The SMILES string of the molecule is C=N/C(=C\C=C/C)c1cc(C)n(Cc2ccccc2F)n1. The molecule has 0 aliphatic carbocycles. The number of hydrogen-bond acceptors (Lipinski definition) is 2. The molecule has 0 aliphatic heterocycles. The van der Waals surface area contributed by atoms with E-state index in [-0.39, 0.29) is 5.82 Å². The number of aliphatic imine (C=N–C) groups is 1. The van der Waals surface area contributed by atoms with Gasteiger partial charge in [0.2, 0.25) is 0 Å². The number of benzene rings is 1. The van der Waals surface area contributed by atoms with Gasteiger partial charge in [0.05, 0.1) is 12.2 Å². The molecule has 0 amide bonds. The van der Waals surface area contributed by atoms with Gasteiger partial charge in [-0.2, -0.15) is 5.10 Å². The highest BCUT2D eigenvalue weighted by Crippen LogP contribution is 2.17. The maximum absolute atomic E-state index is 13.7. The average Bonchev–Trinajstić information content (AvgIpc) is 2.83. The molecule has 1 heterocycles. The van der Waals surface area contributed by atoms with Crippen LogP contribution in [0, 0.1) is 12.7 Å². The zero-order valence-electron chi connectivity index (χ0n) is 12.3. The lowest BCUT2D eigenvalue weighted by Gasteiger charge is -2.05. The lowest BCUT2D eigenvalue weighted by Crippen LogP contribution is -2.05. The fourth-order valence-electron chi connectivity index (χ4n) is 1.99. The first-order valence-corrected chi connectivity index (χ1v) is 6.73. The molecule has 0 atom stereocenters. The minimum Gasteiger partial charge on any atom is -0.265 e. The van der Waals surface area contributed by atoms with Gasteiger partial charge in [-0.05, 0) is 38.8 Å². The summed E-state index contributed by atoms with van der Waals surface area (Å²) in [7, 11) is 0. The molecule has 0 saturated carbocycles. The third-order valence-corrected chi connectivity index (χ3v) is 3.14. The smallest absolute Gasteiger partial charge is 0.128 e. The van der Waals surface area contributed by atoms with E-state index in [4.69, 9.17) is 0 Å². The van der Waals surface area contributed by atoms with Gasteiger partial charge in [0.1, 0.15) is 11.5 Å². The van der Waals surface area contributed by atoms with Crippen molar-refractivity contribution in [2.45, 2.75) is 20.4 Å². The summed E-state index contributed by atoms with van der Waals surface area (Å²) in [6.07, 6.45) is 5.64. The van der Waals surface area contributed by atoms with Crippen LogP contribution in [-0.4, -0.2) is 16.5 Å². The third kappa shape index (κ3) is 3.54. The summed E-state index contributed by atoms with van der Waals surface area (Å²) in [5, 5.41) is 4.48. The van der Waals surface area contributed by atoms with Crippen molar-refractivity contribution in [3.63, 3.8) is 0 Å². The summed E-state index contributed by atoms with van der Waals surface area (Å²) in [5.41, 5.74) is 2.99. The summed E-state index contributed by atoms with van der Waals surface area (Å²) in [6.45, 7) is 7.83. The quantitative estimate of drug-likeness (QED) is 0.602. The maximum atomic E-state index is 13.7. The van der Waals surface area contributed by atoms with Crippen LogP contribution in [-0.2, 0) is 6.54 Å². The predicted molar refractivity (Wildman–Crippen MR) is 84.8 cm³/mol. The van der Waals surface area contributed by atoms with Crippen LogP contribution >= 0.6 is 0 Å². The average molecular weight is 283 g/mol. The Labute approximate surface area is 124 Å². The molecule has 1 aromatic carbocycles. The second kappa shape index (κ2) is 6.79. The van der Waals surface area contributed by atoms with Crippen molar-refractivity contribution in [1.29, 1.82) is 0 Å². The van der Waals surface area contributed by atoms with Crippen LogP contribution in [0.15, 0.2) is 53.6 Å². The molecule has 2 rings (SSSR count). The van der Waals surface area contributed by atoms with Crippen molar-refractivity contribution in [3.05, 3.63) is 71.3 Å². The van der Waals surface area contributed by atoms with Crippen molar-refractivity contribution in [3.8, 4) is 0 Å². The standard InChI is InChI=1S/C17H18FN3/c1-4-5-10-16(19-3)17-11-13(2)21(20-17)12-14-8-6-7-9-15(14)18/h4-11H,3,12H2,1-2H3/b5-4-,16-10-. The first-order chi connectivity index (χ1) is 10.2. The summed E-state index contributed by atoms with van der Waals surface area (Å²) in [5.74, 6) is -0.222. The van der Waals surface area contributed by atoms with Gasteiger partial charge in [-0.25, -0.2) is 4.39 Å². The number of allylic oxidation sites excluding steroid dienone is 3. The van der Waals surface area contributed by atoms with E-state index >= 15 is 0 Å². The van der Waals surface area contributed by atoms with Gasteiger partial charge < -0.3 is 0 Å². The summed E-state index contributed by atoms with van der Waals surface area (Å²) in [6, 6.07) is 8.64. The van der Waals surface area contributed by atoms with E-state index in [1.807, 2.05) is 44.2 Å². The Kier molecular flexibility index (Phi) is 4.82. The monoisotopic (exact) mass is 283 g/mol. The highest BCUT2D eigenvalue weighted by Gasteiger charge is 2.09. The molecule has 0 unspecified atom stereocenters. The van der Waals surface area contributed by atoms with E-state index < -0.39 is 0 Å². The minimum absolute atomic E-state index is 0.222. The van der Waals surface area contributed by atoms with Crippen LogP contribution < -0.4 is 0 Å². The number of aryl methyl sites for hydroxylation is 1. The number of halogens is 1. The van der Waals surface area contributed by atoms with Crippen molar-refractivity contribution in [1.82, 2.24) is 9.78 Å². The van der Waals surface area contributed by atoms with Crippen LogP contribution in [0.25, 0.3) is 5.70 Å². The maximum Gasteiger partial charge on any atom is 0.128 e. The normalized spacial score (nSPS) is 12.0. The topological polar surface area (TPSA) is 30.2 Å². The first-order valence-electron chi connectivity index (χ1n) is 6.73. The number of hydrogen-bond donors (Lipinski definition) is 0. The molecule has 2 aromatic rings. The van der Waals surface area contributed by atoms with Crippen molar-refractivity contribution in [2.75, 3.05) is 0 Å². The van der Waals surface area contributed by atoms with Crippen molar-refractivity contribution < 1.29 is 4.39 Å². The molecule has 1 aromatic heterocycles. The van der Waals surface area contributed by atoms with Crippen LogP contribution in [0.3, 0.4) is 0 Å². The van der Waals surface area contributed by atoms with Crippen LogP contribution in [0.1, 0.15) is 23.9 Å². The Bertz CT molecular complexity index is 696. The van der Waals surface area contributed by atoms with Gasteiger partial charge in [0, 0.05) is 11.3 Å². The molecule has 0 saturated heterocycles. The Morgan fingerprint density at radius 1 is 1.43 bits per heavy atom. The molecule has 108 valence electrons. The van der Waals surface area contributed by atoms with E-state index in [2.05, 4.69) is 16.8 Å². The zero-order chi connectivity index (χ0) is 15.2. The largest absolute Gasteiger partial charge is 0.265 e. The zero-order valence-corrected chi connectivity index (χ0v) is 12.3. The van der Waals surface area contributed by atoms with E-state index in [1.54, 1.807) is 16.8 Å². The number of aromatic nitrogens is 2. The number of nitrogens with zero attached hydrogens (tertiary/aromatic N) is 3. The van der Waals surface area contributed by atoms with Crippen molar-refractivity contribution >= 4 is 12.4 Å². The van der Waals surface area contributed by atoms with Gasteiger partial charge in [0.15, 0.2) is 0 Å². The fraction of sp³-hybridized carbons (Fsp3) is 0.176. The first kappa shape index (κ1) is 14.9. The minimum atomic E-state index is -0.222. The second-order valence-corrected chi connectivity index (χ2v) is 4.66. The number of rotatable bonds is 5. The van der Waals surface area contributed by atoms with Gasteiger partial charge in [0.25, 0.3) is 0 Å². The Balaban J connectivity index is 2.31. The predicted octanol–water partition coefficient (Wildman–Crippen LogP) is 4.00. The molecule has 4 heteroatoms. The fourth-order valence-corrected chi connectivity index (χ4v) is 1.99. The summed E-state index contributed by atoms with van der Waals surface area (Å²) < 4.78 is 15.5. The summed E-state index contributed by atoms with van der Waals surface area (Å²) >= 11 is 0. The molecule has 3 nitrogen and oxygen atoms in total. The molecule has 21 heavy (non-hydrogen) atoms. The van der Waals surface area contributed by atoms with Crippen LogP contribution in [0.2, 0.25) is 0 Å². The molecular weight excluding hydrogens is 265 g/mol. The molecule has 0 fully saturated rings.